The molecule has 0 bridgehead atoms. The molecule has 23 heavy (non-hydrogen) atoms. The van der Waals surface area contributed by atoms with Crippen molar-refractivity contribution in [2.45, 2.75) is 32.7 Å². The number of piperidine rings is 1. The summed E-state index contributed by atoms with van der Waals surface area (Å²) >= 11 is 6.15. The molecule has 2 heterocycles. The van der Waals surface area contributed by atoms with Gasteiger partial charge in [-0.2, -0.15) is 15.0 Å². The summed E-state index contributed by atoms with van der Waals surface area (Å²) < 4.78 is 0. The maximum atomic E-state index is 6.15. The number of hydrogen-bond acceptors (Lipinski definition) is 5. The third kappa shape index (κ3) is 4.09. The van der Waals surface area contributed by atoms with Crippen molar-refractivity contribution in [1.82, 2.24) is 15.0 Å². The second kappa shape index (κ2) is 7.10. The normalized spacial score (nSPS) is 15.6. The molecular weight excluding hydrogens is 312 g/mol. The Morgan fingerprint density at radius 3 is 2.74 bits per heavy atom. The molecule has 0 saturated carbocycles. The molecule has 1 aliphatic heterocycles. The largest absolute Gasteiger partial charge is 0.368 e. The molecular formula is C16H22ClN6+. The Morgan fingerprint density at radius 1 is 1.17 bits per heavy atom. The van der Waals surface area contributed by atoms with Crippen LogP contribution in [0.4, 0.5) is 17.6 Å². The lowest BCUT2D eigenvalue weighted by atomic mass is 10.1. The number of anilines is 3. The van der Waals surface area contributed by atoms with E-state index in [2.05, 4.69) is 20.3 Å². The van der Waals surface area contributed by atoms with Gasteiger partial charge in [-0.25, -0.2) is 0 Å². The zero-order valence-electron chi connectivity index (χ0n) is 13.3. The molecule has 3 rings (SSSR count). The Hall–Kier alpha value is -1.92. The summed E-state index contributed by atoms with van der Waals surface area (Å²) in [6.07, 6.45) is 3.86. The van der Waals surface area contributed by atoms with Gasteiger partial charge in [0.15, 0.2) is 5.82 Å². The van der Waals surface area contributed by atoms with E-state index in [0.29, 0.717) is 11.0 Å². The van der Waals surface area contributed by atoms with Crippen LogP contribution < -0.4 is 16.0 Å². The summed E-state index contributed by atoms with van der Waals surface area (Å²) in [5, 5.41) is 3.90. The van der Waals surface area contributed by atoms with Crippen LogP contribution >= 0.6 is 11.6 Å². The van der Waals surface area contributed by atoms with Crippen LogP contribution in [-0.2, 0) is 6.54 Å². The summed E-state index contributed by atoms with van der Waals surface area (Å²) in [5.74, 6) is 1.44. The van der Waals surface area contributed by atoms with Crippen molar-refractivity contribution in [2.75, 3.05) is 24.1 Å². The average molecular weight is 334 g/mol. The van der Waals surface area contributed by atoms with Gasteiger partial charge in [0, 0.05) is 10.7 Å². The number of likely N-dealkylation sites (tertiary alicyclic amines) is 1. The van der Waals surface area contributed by atoms with Gasteiger partial charge < -0.3 is 16.0 Å². The first-order valence-electron chi connectivity index (χ1n) is 7.98. The number of nitrogen functional groups attached to an aromatic ring is 1. The minimum absolute atomic E-state index is 0.244. The number of nitrogens with one attached hydrogen (secondary N) is 2. The summed E-state index contributed by atoms with van der Waals surface area (Å²) in [6.45, 7) is 5.08. The Morgan fingerprint density at radius 2 is 1.96 bits per heavy atom. The first-order chi connectivity index (χ1) is 11.1. The average Bonchev–Trinajstić information content (AvgIpc) is 2.52. The monoisotopic (exact) mass is 333 g/mol. The molecule has 0 amide bonds. The zero-order chi connectivity index (χ0) is 16.2. The highest BCUT2D eigenvalue weighted by Crippen LogP contribution is 2.24. The summed E-state index contributed by atoms with van der Waals surface area (Å²) in [4.78, 5) is 14.5. The van der Waals surface area contributed by atoms with E-state index in [4.69, 9.17) is 17.3 Å². The van der Waals surface area contributed by atoms with Crippen molar-refractivity contribution in [3.8, 4) is 0 Å². The highest BCUT2D eigenvalue weighted by atomic mass is 35.5. The number of aromatic nitrogens is 3. The minimum atomic E-state index is 0.244. The van der Waals surface area contributed by atoms with Crippen molar-refractivity contribution in [1.29, 1.82) is 0 Å². The van der Waals surface area contributed by atoms with Crippen molar-refractivity contribution >= 4 is 29.2 Å². The molecule has 1 aromatic carbocycles. The summed E-state index contributed by atoms with van der Waals surface area (Å²) in [6, 6.07) is 5.69. The van der Waals surface area contributed by atoms with Crippen LogP contribution in [0.15, 0.2) is 18.2 Å². The fraction of sp³-hybridized carbons (Fsp3) is 0.438. The standard InChI is InChI=1S/C16H21ClN6/c1-11-12(17)6-5-7-13(11)19-16-21-14(20-15(18)22-16)10-23-8-3-2-4-9-23/h5-7H,2-4,8-10H2,1H3,(H3,18,19,20,21,22)/p+1. The van der Waals surface area contributed by atoms with Crippen molar-refractivity contribution < 1.29 is 4.90 Å². The Labute approximate surface area is 141 Å². The molecule has 0 radical (unpaired) electrons. The molecule has 1 saturated heterocycles. The number of quaternary nitrogens is 1. The van der Waals surface area contributed by atoms with Gasteiger partial charge in [0.05, 0.1) is 13.1 Å². The van der Waals surface area contributed by atoms with Gasteiger partial charge in [-0.3, -0.25) is 0 Å². The highest BCUT2D eigenvalue weighted by molar-refractivity contribution is 6.31. The molecule has 0 spiro atoms. The Kier molecular flexibility index (Phi) is 4.93. The van der Waals surface area contributed by atoms with E-state index in [9.17, 15) is 0 Å². The maximum absolute atomic E-state index is 6.15. The fourth-order valence-corrected chi connectivity index (χ4v) is 3.06. The number of benzene rings is 1. The van der Waals surface area contributed by atoms with Crippen LogP contribution in [0.25, 0.3) is 0 Å². The predicted molar refractivity (Wildman–Crippen MR) is 92.0 cm³/mol. The molecule has 1 aromatic heterocycles. The lowest BCUT2D eigenvalue weighted by Gasteiger charge is -2.22. The van der Waals surface area contributed by atoms with Gasteiger partial charge in [-0.1, -0.05) is 17.7 Å². The van der Waals surface area contributed by atoms with Crippen LogP contribution in [0.3, 0.4) is 0 Å². The third-order valence-electron chi connectivity index (χ3n) is 4.18. The minimum Gasteiger partial charge on any atom is -0.368 e. The molecule has 7 heteroatoms. The molecule has 1 fully saturated rings. The van der Waals surface area contributed by atoms with E-state index in [1.807, 2.05) is 25.1 Å². The SMILES string of the molecule is Cc1c(Cl)cccc1Nc1nc(N)nc(C[NH+]2CCCCC2)n1. The van der Waals surface area contributed by atoms with E-state index in [1.54, 1.807) is 0 Å². The Balaban J connectivity index is 1.78. The predicted octanol–water partition coefficient (Wildman–Crippen LogP) is 1.73. The molecule has 2 aromatic rings. The summed E-state index contributed by atoms with van der Waals surface area (Å²) in [7, 11) is 0. The van der Waals surface area contributed by atoms with E-state index >= 15 is 0 Å². The first kappa shape index (κ1) is 16.0. The number of nitrogens with zero attached hydrogens (tertiary/aromatic N) is 3. The third-order valence-corrected chi connectivity index (χ3v) is 4.59. The second-order valence-corrected chi connectivity index (χ2v) is 6.37. The number of nitrogens with two attached hydrogens (primary N) is 1. The van der Waals surface area contributed by atoms with Crippen LogP contribution in [0.2, 0.25) is 5.02 Å². The number of rotatable bonds is 4. The quantitative estimate of drug-likeness (QED) is 0.794. The number of halogens is 1. The van der Waals surface area contributed by atoms with Gasteiger partial charge >= 0.3 is 0 Å². The molecule has 0 atom stereocenters. The van der Waals surface area contributed by atoms with Crippen molar-refractivity contribution in [2.24, 2.45) is 0 Å². The number of hydrogen-bond donors (Lipinski definition) is 3. The van der Waals surface area contributed by atoms with Crippen LogP contribution in [0.5, 0.6) is 0 Å². The zero-order valence-corrected chi connectivity index (χ0v) is 14.0. The lowest BCUT2D eigenvalue weighted by molar-refractivity contribution is -0.919. The van der Waals surface area contributed by atoms with Crippen molar-refractivity contribution in [3.05, 3.63) is 34.6 Å². The van der Waals surface area contributed by atoms with Crippen LogP contribution in [0.1, 0.15) is 30.7 Å². The van der Waals surface area contributed by atoms with Gasteiger partial charge in [-0.15, -0.1) is 0 Å². The van der Waals surface area contributed by atoms with Crippen LogP contribution in [0, 0.1) is 6.92 Å². The van der Waals surface area contributed by atoms with Gasteiger partial charge in [0.1, 0.15) is 6.54 Å². The van der Waals surface area contributed by atoms with Gasteiger partial charge in [-0.05, 0) is 43.9 Å². The van der Waals surface area contributed by atoms with E-state index in [1.165, 1.54) is 37.3 Å². The molecule has 1 aliphatic rings. The second-order valence-electron chi connectivity index (χ2n) is 5.96. The Bertz CT molecular complexity index is 684. The maximum Gasteiger partial charge on any atom is 0.232 e. The lowest BCUT2D eigenvalue weighted by Crippen LogP contribution is -3.11. The van der Waals surface area contributed by atoms with Crippen molar-refractivity contribution in [3.63, 3.8) is 0 Å². The van der Waals surface area contributed by atoms with Gasteiger partial charge in [0.2, 0.25) is 11.9 Å². The molecule has 4 N–H and O–H groups in total. The topological polar surface area (TPSA) is 81.2 Å². The molecule has 6 nitrogen and oxygen atoms in total. The van der Waals surface area contributed by atoms with E-state index < -0.39 is 0 Å². The summed E-state index contributed by atoms with van der Waals surface area (Å²) in [5.41, 5.74) is 7.68. The van der Waals surface area contributed by atoms with E-state index in [0.717, 1.165) is 23.6 Å². The van der Waals surface area contributed by atoms with E-state index in [-0.39, 0.29) is 5.95 Å². The fourth-order valence-electron chi connectivity index (χ4n) is 2.89. The molecule has 0 aliphatic carbocycles. The smallest absolute Gasteiger partial charge is 0.232 e. The highest BCUT2D eigenvalue weighted by Gasteiger charge is 2.17. The van der Waals surface area contributed by atoms with Gasteiger partial charge in [0.25, 0.3) is 0 Å². The molecule has 122 valence electrons. The van der Waals surface area contributed by atoms with Crippen LogP contribution in [-0.4, -0.2) is 28.0 Å². The first-order valence-corrected chi connectivity index (χ1v) is 8.36. The molecule has 0 unspecified atom stereocenters.